The second-order valence-corrected chi connectivity index (χ2v) is 10.3. The molecule has 1 aliphatic heterocycles. The minimum atomic E-state index is 0.0630. The van der Waals surface area contributed by atoms with Crippen molar-refractivity contribution in [1.29, 1.82) is 0 Å². The lowest BCUT2D eigenvalue weighted by atomic mass is 10.0. The molecule has 3 aromatic carbocycles. The third kappa shape index (κ3) is 5.43. The smallest absolute Gasteiger partial charge is 0.254 e. The van der Waals surface area contributed by atoms with E-state index in [0.29, 0.717) is 18.7 Å². The minimum Gasteiger partial charge on any atom is -0.336 e. The van der Waals surface area contributed by atoms with Crippen molar-refractivity contribution in [2.45, 2.75) is 19.9 Å². The van der Waals surface area contributed by atoms with Crippen LogP contribution in [0.3, 0.4) is 0 Å². The van der Waals surface area contributed by atoms with E-state index in [-0.39, 0.29) is 5.91 Å². The van der Waals surface area contributed by atoms with Gasteiger partial charge in [0.15, 0.2) is 0 Å². The first-order valence-electron chi connectivity index (χ1n) is 12.0. The van der Waals surface area contributed by atoms with Gasteiger partial charge < -0.3 is 4.90 Å². The van der Waals surface area contributed by atoms with E-state index < -0.39 is 0 Å². The van der Waals surface area contributed by atoms with Crippen LogP contribution in [0.25, 0.3) is 22.2 Å². The summed E-state index contributed by atoms with van der Waals surface area (Å²) in [7, 11) is 0. The molecule has 0 atom stereocenters. The largest absolute Gasteiger partial charge is 0.336 e. The molecular formula is C29H27BrClN3O. The molecule has 1 amide bonds. The van der Waals surface area contributed by atoms with Crippen molar-refractivity contribution in [1.82, 2.24) is 14.8 Å². The Morgan fingerprint density at radius 1 is 0.914 bits per heavy atom. The van der Waals surface area contributed by atoms with E-state index in [1.807, 2.05) is 41.3 Å². The van der Waals surface area contributed by atoms with Gasteiger partial charge in [-0.1, -0.05) is 70.9 Å². The van der Waals surface area contributed by atoms with Gasteiger partial charge in [0.05, 0.1) is 16.8 Å². The number of nitrogens with zero attached hydrogens (tertiary/aromatic N) is 3. The normalized spacial score (nSPS) is 14.4. The van der Waals surface area contributed by atoms with Gasteiger partial charge in [0.2, 0.25) is 0 Å². The summed E-state index contributed by atoms with van der Waals surface area (Å²) in [5.41, 5.74) is 5.90. The molecule has 4 aromatic rings. The monoisotopic (exact) mass is 547 g/mol. The van der Waals surface area contributed by atoms with Crippen molar-refractivity contribution < 1.29 is 4.79 Å². The maximum absolute atomic E-state index is 13.8. The molecule has 5 rings (SSSR count). The Kier molecular flexibility index (Phi) is 7.19. The second-order valence-electron chi connectivity index (χ2n) is 8.96. The number of benzene rings is 3. The number of carbonyl (C=O) groups is 1. The summed E-state index contributed by atoms with van der Waals surface area (Å²) in [5.74, 6) is 0.0630. The Bertz CT molecular complexity index is 1350. The summed E-state index contributed by atoms with van der Waals surface area (Å²) in [4.78, 5) is 23.0. The fourth-order valence-electron chi connectivity index (χ4n) is 4.56. The zero-order valence-electron chi connectivity index (χ0n) is 19.7. The van der Waals surface area contributed by atoms with Crippen molar-refractivity contribution in [2.24, 2.45) is 0 Å². The van der Waals surface area contributed by atoms with Crippen molar-refractivity contribution in [3.63, 3.8) is 0 Å². The Labute approximate surface area is 219 Å². The molecule has 0 aliphatic carbocycles. The number of carbonyl (C=O) groups excluding carboxylic acids is 1. The molecule has 0 N–H and O–H groups in total. The van der Waals surface area contributed by atoms with E-state index in [9.17, 15) is 4.79 Å². The van der Waals surface area contributed by atoms with Crippen molar-refractivity contribution in [3.8, 4) is 11.3 Å². The highest BCUT2D eigenvalue weighted by Crippen LogP contribution is 2.29. The maximum Gasteiger partial charge on any atom is 0.254 e. The Morgan fingerprint density at radius 2 is 1.60 bits per heavy atom. The summed E-state index contributed by atoms with van der Waals surface area (Å²) in [6.07, 6.45) is 0.993. The SMILES string of the molecule is CCc1ccc(-c2cc(C(=O)N3CCN(Cc4ccc(Cl)cc4)CC3)c3cc(Br)ccc3n2)cc1. The molecule has 178 valence electrons. The molecule has 1 aromatic heterocycles. The van der Waals surface area contributed by atoms with Gasteiger partial charge in [0.1, 0.15) is 0 Å². The highest BCUT2D eigenvalue weighted by atomic mass is 79.9. The first-order valence-corrected chi connectivity index (χ1v) is 13.1. The first kappa shape index (κ1) is 24.0. The van der Waals surface area contributed by atoms with E-state index in [4.69, 9.17) is 16.6 Å². The third-order valence-corrected chi connectivity index (χ3v) is 7.38. The van der Waals surface area contributed by atoms with Crippen LogP contribution < -0.4 is 0 Å². The molecule has 1 fully saturated rings. The van der Waals surface area contributed by atoms with Crippen molar-refractivity contribution in [2.75, 3.05) is 26.2 Å². The van der Waals surface area contributed by atoms with Crippen LogP contribution in [0.1, 0.15) is 28.4 Å². The molecule has 0 unspecified atom stereocenters. The quantitative estimate of drug-likeness (QED) is 0.274. The lowest BCUT2D eigenvalue weighted by Crippen LogP contribution is -2.48. The van der Waals surface area contributed by atoms with Crippen LogP contribution in [-0.4, -0.2) is 46.9 Å². The molecule has 6 heteroatoms. The fourth-order valence-corrected chi connectivity index (χ4v) is 5.05. The highest BCUT2D eigenvalue weighted by Gasteiger charge is 2.24. The predicted octanol–water partition coefficient (Wildman–Crippen LogP) is 6.84. The molecule has 0 radical (unpaired) electrons. The van der Waals surface area contributed by atoms with Gasteiger partial charge >= 0.3 is 0 Å². The minimum absolute atomic E-state index is 0.0630. The van der Waals surface area contributed by atoms with Crippen LogP contribution in [0.15, 0.2) is 77.3 Å². The third-order valence-electron chi connectivity index (χ3n) is 6.64. The molecule has 0 bridgehead atoms. The number of fused-ring (bicyclic) bond motifs is 1. The molecule has 35 heavy (non-hydrogen) atoms. The summed E-state index contributed by atoms with van der Waals surface area (Å²) < 4.78 is 0.939. The van der Waals surface area contributed by atoms with Crippen molar-refractivity contribution in [3.05, 3.63) is 99.0 Å². The molecule has 1 saturated heterocycles. The van der Waals surface area contributed by atoms with Crippen LogP contribution >= 0.6 is 27.5 Å². The van der Waals surface area contributed by atoms with E-state index in [0.717, 1.165) is 57.7 Å². The standard InChI is InChI=1S/C29H27BrClN3O/c1-2-20-3-7-22(8-4-20)28-18-26(25-17-23(30)9-12-27(25)32-28)29(35)34-15-13-33(14-16-34)19-21-5-10-24(31)11-6-21/h3-12,17-18H,2,13-16,19H2,1H3. The number of pyridine rings is 1. The van der Waals surface area contributed by atoms with Gasteiger partial charge in [0.25, 0.3) is 5.91 Å². The van der Waals surface area contributed by atoms with Crippen LogP contribution in [0.2, 0.25) is 5.02 Å². The average molecular weight is 549 g/mol. The van der Waals surface area contributed by atoms with Gasteiger partial charge in [-0.2, -0.15) is 0 Å². The van der Waals surface area contributed by atoms with Crippen LogP contribution in [0.5, 0.6) is 0 Å². The number of aryl methyl sites for hydroxylation is 1. The molecule has 0 spiro atoms. The van der Waals surface area contributed by atoms with E-state index in [1.165, 1.54) is 11.1 Å². The number of aromatic nitrogens is 1. The van der Waals surface area contributed by atoms with Crippen LogP contribution in [0, 0.1) is 0 Å². The molecule has 1 aliphatic rings. The summed E-state index contributed by atoms with van der Waals surface area (Å²) >= 11 is 9.58. The topological polar surface area (TPSA) is 36.4 Å². The van der Waals surface area contributed by atoms with Crippen molar-refractivity contribution >= 4 is 44.3 Å². The van der Waals surface area contributed by atoms with Gasteiger partial charge in [-0.25, -0.2) is 4.98 Å². The van der Waals surface area contributed by atoms with Crippen LogP contribution in [-0.2, 0) is 13.0 Å². The number of rotatable bonds is 5. The van der Waals surface area contributed by atoms with Gasteiger partial charge in [-0.15, -0.1) is 0 Å². The highest BCUT2D eigenvalue weighted by molar-refractivity contribution is 9.10. The second kappa shape index (κ2) is 10.5. The number of hydrogen-bond donors (Lipinski definition) is 0. The van der Waals surface area contributed by atoms with Crippen LogP contribution in [0.4, 0.5) is 0 Å². The first-order chi connectivity index (χ1) is 17.0. The lowest BCUT2D eigenvalue weighted by Gasteiger charge is -2.35. The number of piperazine rings is 1. The van der Waals surface area contributed by atoms with E-state index in [2.05, 4.69) is 64.2 Å². The number of hydrogen-bond acceptors (Lipinski definition) is 3. The molecule has 2 heterocycles. The average Bonchev–Trinajstić information content (AvgIpc) is 2.89. The number of halogens is 2. The molecule has 4 nitrogen and oxygen atoms in total. The Hall–Kier alpha value is -2.73. The lowest BCUT2D eigenvalue weighted by molar-refractivity contribution is 0.0630. The predicted molar refractivity (Wildman–Crippen MR) is 147 cm³/mol. The zero-order valence-corrected chi connectivity index (χ0v) is 22.0. The van der Waals surface area contributed by atoms with Gasteiger partial charge in [-0.3, -0.25) is 9.69 Å². The van der Waals surface area contributed by atoms with Gasteiger partial charge in [-0.05, 0) is 53.9 Å². The van der Waals surface area contributed by atoms with E-state index in [1.54, 1.807) is 0 Å². The Balaban J connectivity index is 1.39. The summed E-state index contributed by atoms with van der Waals surface area (Å²) in [6.45, 7) is 6.09. The maximum atomic E-state index is 13.8. The summed E-state index contributed by atoms with van der Waals surface area (Å²) in [6, 6.07) is 24.3. The summed E-state index contributed by atoms with van der Waals surface area (Å²) in [5, 5.41) is 1.63. The zero-order chi connectivity index (χ0) is 24.4. The molecule has 0 saturated carbocycles. The number of amides is 1. The Morgan fingerprint density at radius 3 is 2.29 bits per heavy atom. The van der Waals surface area contributed by atoms with Gasteiger partial charge in [0, 0.05) is 53.2 Å². The fraction of sp³-hybridized carbons (Fsp3) is 0.241. The van der Waals surface area contributed by atoms with E-state index >= 15 is 0 Å². The molecular weight excluding hydrogens is 522 g/mol.